The molecule has 0 aromatic rings. The fraction of sp³-hybridized carbons (Fsp3) is 0.862. The lowest BCUT2D eigenvalue weighted by atomic mass is 9.91. The molecule has 6 bridgehead atoms. The number of ether oxygens (including phenoxy) is 1. The van der Waals surface area contributed by atoms with Crippen molar-refractivity contribution in [2.75, 3.05) is 52.9 Å². The predicted octanol–water partition coefficient (Wildman–Crippen LogP) is -1.88. The lowest BCUT2D eigenvalue weighted by molar-refractivity contribution is -0.151. The molecular formula is C29H48N6O7. The zero-order valence-electron chi connectivity index (χ0n) is 25.3. The van der Waals surface area contributed by atoms with E-state index in [2.05, 4.69) is 27.5 Å². The van der Waals surface area contributed by atoms with Gasteiger partial charge in [-0.05, 0) is 44.8 Å². The highest BCUT2D eigenvalue weighted by molar-refractivity contribution is 5.90. The van der Waals surface area contributed by atoms with Gasteiger partial charge in [-0.15, -0.1) is 0 Å². The monoisotopic (exact) mass is 592 g/mol. The first-order valence-electron chi connectivity index (χ1n) is 15.4. The first kappa shape index (κ1) is 31.1. The van der Waals surface area contributed by atoms with Crippen LogP contribution >= 0.6 is 0 Å². The molecule has 5 saturated heterocycles. The van der Waals surface area contributed by atoms with Crippen molar-refractivity contribution in [3.05, 3.63) is 0 Å². The summed E-state index contributed by atoms with van der Waals surface area (Å²) in [6.45, 7) is 8.82. The maximum Gasteiger partial charge on any atom is 0.244 e. The second-order valence-corrected chi connectivity index (χ2v) is 14.0. The Bertz CT molecular complexity index is 1040. The number of hydrogen-bond donors (Lipinski definition) is 4. The van der Waals surface area contributed by atoms with Crippen LogP contribution in [0.3, 0.4) is 0 Å². The third-order valence-electron chi connectivity index (χ3n) is 9.47. The number of nitrogens with zero attached hydrogens (tertiary/aromatic N) is 4. The molecule has 5 aliphatic rings. The van der Waals surface area contributed by atoms with Gasteiger partial charge >= 0.3 is 0 Å². The van der Waals surface area contributed by atoms with E-state index in [9.17, 15) is 29.4 Å². The van der Waals surface area contributed by atoms with Crippen molar-refractivity contribution in [1.82, 2.24) is 30.2 Å². The minimum Gasteiger partial charge on any atom is -0.388 e. The van der Waals surface area contributed by atoms with Crippen molar-refractivity contribution in [1.29, 1.82) is 0 Å². The van der Waals surface area contributed by atoms with Gasteiger partial charge < -0.3 is 40.3 Å². The number of nitrogens with one attached hydrogen (secondary N) is 2. The summed E-state index contributed by atoms with van der Waals surface area (Å²) in [6.07, 6.45) is -2.00. The molecule has 0 aromatic heterocycles. The molecule has 4 amide bonds. The molecule has 0 unspecified atom stereocenters. The van der Waals surface area contributed by atoms with Crippen LogP contribution < -0.4 is 10.6 Å². The Hall–Kier alpha value is -2.32. The van der Waals surface area contributed by atoms with Crippen molar-refractivity contribution in [2.24, 2.45) is 5.41 Å². The van der Waals surface area contributed by atoms with E-state index >= 15 is 0 Å². The van der Waals surface area contributed by atoms with E-state index in [1.165, 1.54) is 0 Å². The number of aliphatic hydroxyl groups excluding tert-OH is 2. The van der Waals surface area contributed by atoms with Gasteiger partial charge in [0.05, 0.1) is 25.1 Å². The van der Waals surface area contributed by atoms with Gasteiger partial charge in [-0.1, -0.05) is 20.8 Å². The topological polar surface area (TPSA) is 155 Å². The number of carbonyl (C=O) groups excluding carboxylic acids is 4. The molecule has 7 atom stereocenters. The maximum atomic E-state index is 14.2. The number of likely N-dealkylation sites (tertiary alicyclic amines) is 2. The van der Waals surface area contributed by atoms with Gasteiger partial charge in [0.25, 0.3) is 0 Å². The van der Waals surface area contributed by atoms with Crippen molar-refractivity contribution in [2.45, 2.75) is 101 Å². The third kappa shape index (κ3) is 6.75. The molecule has 0 spiro atoms. The van der Waals surface area contributed by atoms with Gasteiger partial charge in [0.2, 0.25) is 23.6 Å². The van der Waals surface area contributed by atoms with Gasteiger partial charge in [0.1, 0.15) is 24.4 Å². The van der Waals surface area contributed by atoms with Gasteiger partial charge in [-0.25, -0.2) is 0 Å². The minimum absolute atomic E-state index is 0.0641. The van der Waals surface area contributed by atoms with E-state index in [4.69, 9.17) is 4.74 Å². The summed E-state index contributed by atoms with van der Waals surface area (Å²) in [4.78, 5) is 61.9. The lowest BCUT2D eigenvalue weighted by Crippen LogP contribution is -2.64. The van der Waals surface area contributed by atoms with Crippen LogP contribution in [0.2, 0.25) is 0 Å². The van der Waals surface area contributed by atoms with Crippen LogP contribution in [0.4, 0.5) is 0 Å². The summed E-state index contributed by atoms with van der Waals surface area (Å²) in [7, 11) is 2.09. The number of aliphatic hydroxyl groups is 2. The molecule has 236 valence electrons. The van der Waals surface area contributed by atoms with Gasteiger partial charge in [-0.2, -0.15) is 0 Å². The summed E-state index contributed by atoms with van der Waals surface area (Å²) in [5, 5.41) is 27.1. The SMILES string of the molecule is CN1CCC(N2C[C@@H]3C[C@H]2C(=O)N2CCN(C(=O)CC(C)(C)C)[C@@H](C2)C(=O)NC[C@H]2O[C@@H](CC(=O)N3)[C@H](O)[C@@H]2O)CC1. The number of rotatable bonds is 2. The van der Waals surface area contributed by atoms with E-state index in [1.54, 1.807) is 9.80 Å². The molecule has 13 heteroatoms. The van der Waals surface area contributed by atoms with Crippen LogP contribution in [0.1, 0.15) is 52.9 Å². The number of amides is 4. The second-order valence-electron chi connectivity index (χ2n) is 14.0. The summed E-state index contributed by atoms with van der Waals surface area (Å²) in [5.41, 5.74) is -0.274. The zero-order valence-corrected chi connectivity index (χ0v) is 25.3. The van der Waals surface area contributed by atoms with Gasteiger partial charge in [0, 0.05) is 44.7 Å². The number of piperidine rings is 1. The molecule has 0 aliphatic carbocycles. The standard InChI is InChI=1S/C29H48N6O7/c1-29(2,3)13-24(37)34-10-9-33-16-20(34)27(40)30-14-22-26(39)25(38)21(42-22)12-23(36)31-17-11-19(28(33)41)35(15-17)18-5-7-32(4)8-6-18/h17-22,25-26,38-39H,5-16H2,1-4H3,(H,30,40)(H,31,36)/t17-,19-,20-,21-,22+,25-,26+/m0/s1. The highest BCUT2D eigenvalue weighted by Crippen LogP contribution is 2.30. The van der Waals surface area contributed by atoms with Crippen LogP contribution in [0.25, 0.3) is 0 Å². The fourth-order valence-electron chi connectivity index (χ4n) is 7.16. The molecule has 5 heterocycles. The van der Waals surface area contributed by atoms with Crippen molar-refractivity contribution in [3.63, 3.8) is 0 Å². The maximum absolute atomic E-state index is 14.2. The van der Waals surface area contributed by atoms with Crippen molar-refractivity contribution >= 4 is 23.6 Å². The Kier molecular flexibility index (Phi) is 9.15. The van der Waals surface area contributed by atoms with E-state index in [-0.39, 0.29) is 67.7 Å². The van der Waals surface area contributed by atoms with E-state index in [1.807, 2.05) is 20.8 Å². The van der Waals surface area contributed by atoms with Crippen LogP contribution in [-0.2, 0) is 23.9 Å². The van der Waals surface area contributed by atoms with Crippen LogP contribution in [0.15, 0.2) is 0 Å². The Morgan fingerprint density at radius 3 is 2.36 bits per heavy atom. The van der Waals surface area contributed by atoms with Crippen LogP contribution in [-0.4, -0.2) is 155 Å². The van der Waals surface area contributed by atoms with Gasteiger partial charge in [0.15, 0.2) is 0 Å². The number of hydrogen-bond acceptors (Lipinski definition) is 9. The molecule has 13 nitrogen and oxygen atoms in total. The molecule has 42 heavy (non-hydrogen) atoms. The van der Waals surface area contributed by atoms with E-state index in [0.717, 1.165) is 25.9 Å². The average Bonchev–Trinajstić information content (AvgIpc) is 3.46. The molecule has 0 radical (unpaired) electrons. The molecule has 5 fully saturated rings. The summed E-state index contributed by atoms with van der Waals surface area (Å²) >= 11 is 0. The van der Waals surface area contributed by atoms with Crippen LogP contribution in [0.5, 0.6) is 0 Å². The summed E-state index contributed by atoms with van der Waals surface area (Å²) in [6, 6.07) is -1.40. The van der Waals surface area contributed by atoms with Crippen LogP contribution in [0, 0.1) is 5.41 Å². The summed E-state index contributed by atoms with van der Waals surface area (Å²) < 4.78 is 5.84. The lowest BCUT2D eigenvalue weighted by Gasteiger charge is -2.44. The third-order valence-corrected chi connectivity index (χ3v) is 9.47. The fourth-order valence-corrected chi connectivity index (χ4v) is 7.16. The average molecular weight is 593 g/mol. The quantitative estimate of drug-likeness (QED) is 0.289. The Morgan fingerprint density at radius 1 is 0.976 bits per heavy atom. The normalized spacial score (nSPS) is 36.2. The number of piperazine rings is 1. The molecule has 5 aliphatic heterocycles. The number of carbonyl (C=O) groups is 4. The molecule has 0 saturated carbocycles. The highest BCUT2D eigenvalue weighted by Gasteiger charge is 2.48. The van der Waals surface area contributed by atoms with E-state index in [0.29, 0.717) is 19.5 Å². The molecule has 5 rings (SSSR count). The molecule has 4 N–H and O–H groups in total. The Labute approximate surface area is 247 Å². The Balaban J connectivity index is 1.42. The van der Waals surface area contributed by atoms with Crippen molar-refractivity contribution < 1.29 is 34.1 Å². The summed E-state index contributed by atoms with van der Waals surface area (Å²) in [5.74, 6) is -0.971. The molecule has 0 aromatic carbocycles. The first-order chi connectivity index (χ1) is 19.8. The number of fused-ring (bicyclic) bond motifs is 6. The first-order valence-corrected chi connectivity index (χ1v) is 15.4. The highest BCUT2D eigenvalue weighted by atomic mass is 16.5. The van der Waals surface area contributed by atoms with E-state index < -0.39 is 42.4 Å². The predicted molar refractivity (Wildman–Crippen MR) is 152 cm³/mol. The minimum atomic E-state index is -1.28. The second kappa shape index (κ2) is 12.4. The zero-order chi connectivity index (χ0) is 30.3. The smallest absolute Gasteiger partial charge is 0.244 e. The van der Waals surface area contributed by atoms with Gasteiger partial charge in [-0.3, -0.25) is 24.1 Å². The molecular weight excluding hydrogens is 544 g/mol. The largest absolute Gasteiger partial charge is 0.388 e. The van der Waals surface area contributed by atoms with Crippen molar-refractivity contribution in [3.8, 4) is 0 Å². The Morgan fingerprint density at radius 2 is 1.67 bits per heavy atom.